The van der Waals surface area contributed by atoms with E-state index < -0.39 is 27.8 Å². The average molecular weight is 404 g/mol. The lowest BCUT2D eigenvalue weighted by atomic mass is 10.0. The molecule has 1 atom stereocenters. The monoisotopic (exact) mass is 403 g/mol. The van der Waals surface area contributed by atoms with Gasteiger partial charge in [0.05, 0.1) is 16.1 Å². The van der Waals surface area contributed by atoms with Crippen LogP contribution in [0.15, 0.2) is 30.3 Å². The molecule has 0 spiro atoms. The van der Waals surface area contributed by atoms with Crippen molar-refractivity contribution in [2.45, 2.75) is 64.3 Å². The molecular formula is C20H33N3O2Si2. The zero-order valence-electron chi connectivity index (χ0n) is 17.9. The van der Waals surface area contributed by atoms with Crippen LogP contribution in [0.2, 0.25) is 39.3 Å². The van der Waals surface area contributed by atoms with Crippen LogP contribution in [0.4, 0.5) is 0 Å². The van der Waals surface area contributed by atoms with Crippen molar-refractivity contribution in [3.63, 3.8) is 0 Å². The number of hydrogen-bond donors (Lipinski definition) is 0. The van der Waals surface area contributed by atoms with Gasteiger partial charge in [-0.1, -0.05) is 76.5 Å². The Balaban J connectivity index is 3.45. The number of nitrogens with zero attached hydrogens (tertiary/aromatic N) is 3. The van der Waals surface area contributed by atoms with Crippen LogP contribution >= 0.6 is 0 Å². The SMILES string of the molecule is CC(=O)C(=[N+]=[N-])C(=O)N(CC(C)c1ccccc1)C([Si](C)(C)C)[Si](C)(C)C. The molecule has 0 N–H and O–H groups in total. The predicted octanol–water partition coefficient (Wildman–Crippen LogP) is 4.00. The number of ketones is 1. The van der Waals surface area contributed by atoms with Gasteiger partial charge < -0.3 is 10.4 Å². The Bertz CT molecular complexity index is 716. The maximum Gasteiger partial charge on any atom is 0.421 e. The lowest BCUT2D eigenvalue weighted by Crippen LogP contribution is -2.66. The Kier molecular flexibility index (Phi) is 7.66. The molecule has 7 heteroatoms. The van der Waals surface area contributed by atoms with Gasteiger partial charge in [-0.3, -0.25) is 9.59 Å². The maximum absolute atomic E-state index is 13.3. The first-order valence-corrected chi connectivity index (χ1v) is 16.5. The van der Waals surface area contributed by atoms with Gasteiger partial charge in [0, 0.05) is 18.8 Å². The largest absolute Gasteiger partial charge is 0.421 e. The van der Waals surface area contributed by atoms with Gasteiger partial charge in [0.25, 0.3) is 0 Å². The normalized spacial score (nSPS) is 13.1. The molecule has 1 unspecified atom stereocenters. The van der Waals surface area contributed by atoms with Crippen molar-refractivity contribution in [1.29, 1.82) is 0 Å². The number of hydrogen-bond acceptors (Lipinski definition) is 2. The minimum Gasteiger partial charge on any atom is -0.360 e. The third kappa shape index (κ3) is 6.09. The van der Waals surface area contributed by atoms with E-state index in [1.807, 2.05) is 23.1 Å². The predicted molar refractivity (Wildman–Crippen MR) is 116 cm³/mol. The number of rotatable bonds is 8. The molecule has 5 nitrogen and oxygen atoms in total. The number of amides is 1. The molecule has 27 heavy (non-hydrogen) atoms. The van der Waals surface area contributed by atoms with E-state index in [2.05, 4.69) is 63.1 Å². The summed E-state index contributed by atoms with van der Waals surface area (Å²) >= 11 is 0. The number of Topliss-reactive ketones (excluding diaryl/α,β-unsaturated/α-hetero) is 1. The van der Waals surface area contributed by atoms with E-state index in [1.54, 1.807) is 0 Å². The molecular weight excluding hydrogens is 370 g/mol. The molecule has 0 bridgehead atoms. The Hall–Kier alpha value is -1.83. The third-order valence-corrected chi connectivity index (χ3v) is 13.8. The second-order valence-electron chi connectivity index (χ2n) is 9.41. The lowest BCUT2D eigenvalue weighted by molar-refractivity contribution is -0.131. The zero-order chi connectivity index (χ0) is 21.0. The molecule has 1 rings (SSSR count). The van der Waals surface area contributed by atoms with Crippen molar-refractivity contribution in [1.82, 2.24) is 4.90 Å². The van der Waals surface area contributed by atoms with E-state index in [-0.39, 0.29) is 16.9 Å². The van der Waals surface area contributed by atoms with Crippen LogP contribution in [0.1, 0.15) is 25.3 Å². The second kappa shape index (κ2) is 8.91. The quantitative estimate of drug-likeness (QED) is 0.216. The summed E-state index contributed by atoms with van der Waals surface area (Å²) in [6.45, 7) is 17.4. The summed E-state index contributed by atoms with van der Waals surface area (Å²) in [6.07, 6.45) is 0. The number of benzene rings is 1. The third-order valence-electron chi connectivity index (χ3n) is 4.69. The molecule has 0 aromatic heterocycles. The summed E-state index contributed by atoms with van der Waals surface area (Å²) < 4.78 is 0. The van der Waals surface area contributed by atoms with Crippen molar-refractivity contribution in [3.8, 4) is 0 Å². The fourth-order valence-corrected chi connectivity index (χ4v) is 16.8. The maximum atomic E-state index is 13.3. The molecule has 0 radical (unpaired) electrons. The molecule has 148 valence electrons. The minimum atomic E-state index is -1.79. The molecule has 1 aromatic carbocycles. The summed E-state index contributed by atoms with van der Waals surface area (Å²) in [5.74, 6) is -0.857. The van der Waals surface area contributed by atoms with E-state index in [1.165, 1.54) is 6.92 Å². The second-order valence-corrected chi connectivity index (χ2v) is 20.5. The van der Waals surface area contributed by atoms with E-state index in [9.17, 15) is 15.1 Å². The van der Waals surface area contributed by atoms with Gasteiger partial charge in [0.15, 0.2) is 0 Å². The molecule has 1 aromatic rings. The first kappa shape index (κ1) is 23.2. The molecule has 0 aliphatic rings. The van der Waals surface area contributed by atoms with Crippen molar-refractivity contribution in [2.75, 3.05) is 6.54 Å². The van der Waals surface area contributed by atoms with Crippen LogP contribution in [-0.2, 0) is 9.59 Å². The van der Waals surface area contributed by atoms with Crippen LogP contribution in [0.5, 0.6) is 0 Å². The highest BCUT2D eigenvalue weighted by molar-refractivity contribution is 6.96. The summed E-state index contributed by atoms with van der Waals surface area (Å²) in [7, 11) is -3.58. The van der Waals surface area contributed by atoms with Crippen LogP contribution in [-0.4, -0.2) is 55.1 Å². The summed E-state index contributed by atoms with van der Waals surface area (Å²) in [5.41, 5.74) is 10.1. The molecule has 0 fully saturated rings. The molecule has 0 saturated heterocycles. The van der Waals surface area contributed by atoms with Crippen LogP contribution < -0.4 is 0 Å². The smallest absolute Gasteiger partial charge is 0.360 e. The van der Waals surface area contributed by atoms with Gasteiger partial charge in [-0.05, 0) is 11.5 Å². The summed E-state index contributed by atoms with van der Waals surface area (Å²) in [5, 5.41) is 0.111. The average Bonchev–Trinajstić information content (AvgIpc) is 2.52. The molecule has 0 aliphatic heterocycles. The molecule has 0 aliphatic carbocycles. The number of carbonyl (C=O) groups is 2. The van der Waals surface area contributed by atoms with Gasteiger partial charge in [-0.2, -0.15) is 4.79 Å². The van der Waals surface area contributed by atoms with Gasteiger partial charge in [-0.15, -0.1) is 0 Å². The standard InChI is InChI=1S/C20H33N3O2Si2/c1-15(17-12-10-9-11-13-17)14-23(19(25)18(22-21)16(2)24)20(26(3,4)5)27(6,7)8/h9-13,15,20H,14H2,1-8H3. The minimum absolute atomic E-state index is 0.109. The van der Waals surface area contributed by atoms with Crippen molar-refractivity contribution in [3.05, 3.63) is 41.4 Å². The zero-order valence-corrected chi connectivity index (χ0v) is 19.9. The van der Waals surface area contributed by atoms with Gasteiger partial charge >= 0.3 is 11.6 Å². The van der Waals surface area contributed by atoms with Crippen molar-refractivity contribution >= 4 is 33.5 Å². The van der Waals surface area contributed by atoms with Crippen LogP contribution in [0, 0.1) is 0 Å². The van der Waals surface area contributed by atoms with Gasteiger partial charge in [-0.25, -0.2) is 0 Å². The van der Waals surface area contributed by atoms with E-state index in [4.69, 9.17) is 0 Å². The Morgan fingerprint density at radius 3 is 1.89 bits per heavy atom. The molecule has 0 saturated carbocycles. The van der Waals surface area contributed by atoms with Crippen molar-refractivity contribution in [2.24, 2.45) is 0 Å². The fourth-order valence-electron chi connectivity index (χ4n) is 4.12. The fraction of sp³-hybridized carbons (Fsp3) is 0.550. The topological polar surface area (TPSA) is 73.8 Å². The Labute approximate surface area is 165 Å². The highest BCUT2D eigenvalue weighted by Gasteiger charge is 2.46. The van der Waals surface area contributed by atoms with Gasteiger partial charge in [0.1, 0.15) is 0 Å². The first-order chi connectivity index (χ1) is 12.3. The lowest BCUT2D eigenvalue weighted by Gasteiger charge is -2.46. The summed E-state index contributed by atoms with van der Waals surface area (Å²) in [4.78, 5) is 30.0. The Morgan fingerprint density at radius 2 is 1.52 bits per heavy atom. The highest BCUT2D eigenvalue weighted by atomic mass is 28.4. The van der Waals surface area contributed by atoms with Crippen LogP contribution in [0.3, 0.4) is 0 Å². The summed E-state index contributed by atoms with van der Waals surface area (Å²) in [6, 6.07) is 10.1. The van der Waals surface area contributed by atoms with Gasteiger partial charge in [0.2, 0.25) is 5.78 Å². The highest BCUT2D eigenvalue weighted by Crippen LogP contribution is 2.28. The van der Waals surface area contributed by atoms with Crippen molar-refractivity contribution < 1.29 is 14.4 Å². The Morgan fingerprint density at radius 1 is 1.04 bits per heavy atom. The van der Waals surface area contributed by atoms with E-state index >= 15 is 0 Å². The molecule has 1 amide bonds. The van der Waals surface area contributed by atoms with E-state index in [0.29, 0.717) is 6.54 Å². The van der Waals surface area contributed by atoms with Crippen LogP contribution in [0.25, 0.3) is 5.53 Å². The molecule has 0 heterocycles. The number of carbonyl (C=O) groups excluding carboxylic acids is 2. The first-order valence-electron chi connectivity index (χ1n) is 9.39. The van der Waals surface area contributed by atoms with E-state index in [0.717, 1.165) is 5.56 Å².